The first-order chi connectivity index (χ1) is 8.93. The highest BCUT2D eigenvalue weighted by Gasteiger charge is 2.14. The molecule has 0 spiro atoms. The highest BCUT2D eigenvalue weighted by atomic mass is 79.9. The molecule has 0 unspecified atom stereocenters. The molecule has 1 aromatic rings. The number of benzene rings is 1. The van der Waals surface area contributed by atoms with Gasteiger partial charge in [0.2, 0.25) is 0 Å². The number of hydrogen-bond donors (Lipinski definition) is 0. The topological polar surface area (TPSA) is 27.0 Å². The quantitative estimate of drug-likeness (QED) is 0.748. The summed E-state index contributed by atoms with van der Waals surface area (Å²) >= 11 is 3.45. The van der Waals surface area contributed by atoms with Gasteiger partial charge < -0.3 is 0 Å². The predicted octanol–water partition coefficient (Wildman–Crippen LogP) is 4.47. The normalized spacial score (nSPS) is 12.3. The van der Waals surface area contributed by atoms with Crippen molar-refractivity contribution in [1.29, 1.82) is 5.26 Å². The average Bonchev–Trinajstić information content (AvgIpc) is 2.33. The fourth-order valence-electron chi connectivity index (χ4n) is 2.07. The van der Waals surface area contributed by atoms with E-state index in [1.54, 1.807) is 0 Å². The monoisotopic (exact) mass is 320 g/mol. The summed E-state index contributed by atoms with van der Waals surface area (Å²) < 4.78 is 1.03. The molecule has 19 heavy (non-hydrogen) atoms. The van der Waals surface area contributed by atoms with Crippen molar-refractivity contribution in [1.82, 2.24) is 4.90 Å². The predicted molar refractivity (Wildman–Crippen MR) is 84.7 cm³/mol. The second-order valence-corrected chi connectivity index (χ2v) is 6.11. The summed E-state index contributed by atoms with van der Waals surface area (Å²) in [5, 5.41) is 9.31. The van der Waals surface area contributed by atoms with Crippen molar-refractivity contribution in [2.75, 3.05) is 6.54 Å². The van der Waals surface area contributed by atoms with Crippen LogP contribution in [-0.4, -0.2) is 23.5 Å². The molecule has 1 rings (SSSR count). The summed E-state index contributed by atoms with van der Waals surface area (Å²) in [7, 11) is 0. The van der Waals surface area contributed by atoms with Crippen LogP contribution < -0.4 is 0 Å². The van der Waals surface area contributed by atoms with Crippen LogP contribution in [0.2, 0.25) is 0 Å². The fourth-order valence-corrected chi connectivity index (χ4v) is 2.49. The number of nitriles is 1. The van der Waals surface area contributed by atoms with Gasteiger partial charge in [0.1, 0.15) is 0 Å². The van der Waals surface area contributed by atoms with Gasteiger partial charge in [0.25, 0.3) is 0 Å². The van der Waals surface area contributed by atoms with Crippen molar-refractivity contribution in [3.05, 3.63) is 39.9 Å². The minimum atomic E-state index is 0.430. The molecule has 0 aromatic heterocycles. The molecule has 0 N–H and O–H groups in total. The lowest BCUT2D eigenvalue weighted by Gasteiger charge is -2.30. The molecule has 0 heterocycles. The molecule has 0 fully saturated rings. The van der Waals surface area contributed by atoms with Gasteiger partial charge in [-0.25, -0.2) is 0 Å². The molecule has 0 aliphatic heterocycles. The van der Waals surface area contributed by atoms with Crippen molar-refractivity contribution < 1.29 is 0 Å². The van der Waals surface area contributed by atoms with Crippen LogP contribution in [0.15, 0.2) is 34.3 Å². The minimum absolute atomic E-state index is 0.430. The third-order valence-corrected chi connectivity index (χ3v) is 3.51. The Bertz CT molecular complexity index is 476. The number of nitrogens with zero attached hydrogens (tertiary/aromatic N) is 2. The largest absolute Gasteiger partial charge is 0.294 e. The lowest BCUT2D eigenvalue weighted by molar-refractivity contribution is 0.194. The number of halogens is 1. The van der Waals surface area contributed by atoms with E-state index in [-0.39, 0.29) is 0 Å². The zero-order chi connectivity index (χ0) is 14.4. The summed E-state index contributed by atoms with van der Waals surface area (Å²) in [6.07, 6.45) is 1.96. The van der Waals surface area contributed by atoms with Gasteiger partial charge >= 0.3 is 0 Å². The van der Waals surface area contributed by atoms with Gasteiger partial charge in [-0.15, -0.1) is 0 Å². The Kier molecular flexibility index (Phi) is 6.27. The average molecular weight is 321 g/mol. The molecule has 0 amide bonds. The van der Waals surface area contributed by atoms with Gasteiger partial charge in [-0.3, -0.25) is 4.90 Å². The fraction of sp³-hybridized carbons (Fsp3) is 0.438. The Morgan fingerprint density at radius 1 is 1.32 bits per heavy atom. The lowest BCUT2D eigenvalue weighted by Crippen LogP contribution is -2.38. The van der Waals surface area contributed by atoms with E-state index in [0.717, 1.165) is 15.6 Å². The maximum absolute atomic E-state index is 9.31. The lowest BCUT2D eigenvalue weighted by atomic mass is 10.1. The Morgan fingerprint density at radius 3 is 2.42 bits per heavy atom. The van der Waals surface area contributed by atoms with E-state index in [2.05, 4.69) is 54.6 Å². The van der Waals surface area contributed by atoms with E-state index in [1.165, 1.54) is 0 Å². The molecule has 0 aliphatic rings. The van der Waals surface area contributed by atoms with E-state index in [0.29, 0.717) is 18.6 Å². The van der Waals surface area contributed by atoms with Crippen molar-refractivity contribution in [3.63, 3.8) is 0 Å². The van der Waals surface area contributed by atoms with Crippen LogP contribution in [0.1, 0.15) is 33.3 Å². The third kappa shape index (κ3) is 5.18. The van der Waals surface area contributed by atoms with Crippen molar-refractivity contribution in [2.24, 2.45) is 0 Å². The molecule has 0 radical (unpaired) electrons. The van der Waals surface area contributed by atoms with Crippen LogP contribution in [0.4, 0.5) is 0 Å². The van der Waals surface area contributed by atoms with Gasteiger partial charge in [0.05, 0.1) is 6.07 Å². The summed E-state index contributed by atoms with van der Waals surface area (Å²) in [5.74, 6) is 0. The molecule has 0 saturated heterocycles. The molecule has 0 aliphatic carbocycles. The van der Waals surface area contributed by atoms with Crippen LogP contribution in [0.25, 0.3) is 6.08 Å². The molecule has 1 aromatic carbocycles. The Labute approximate surface area is 124 Å². The minimum Gasteiger partial charge on any atom is -0.294 e. The maximum atomic E-state index is 9.31. The molecule has 0 bridgehead atoms. The summed E-state index contributed by atoms with van der Waals surface area (Å²) in [5.41, 5.74) is 1.85. The van der Waals surface area contributed by atoms with Gasteiger partial charge in [0.15, 0.2) is 0 Å². The second kappa shape index (κ2) is 7.47. The summed E-state index contributed by atoms with van der Waals surface area (Å²) in [6.45, 7) is 9.34. The second-order valence-electron chi connectivity index (χ2n) is 5.20. The highest BCUT2D eigenvalue weighted by Crippen LogP contribution is 2.16. The molecular formula is C16H21BrN2. The Morgan fingerprint density at radius 2 is 1.95 bits per heavy atom. The molecule has 3 heteroatoms. The van der Waals surface area contributed by atoms with Crippen molar-refractivity contribution >= 4 is 22.0 Å². The molecule has 0 saturated carbocycles. The number of rotatable bonds is 5. The first kappa shape index (κ1) is 15.9. The first-order valence-electron chi connectivity index (χ1n) is 6.56. The SMILES string of the molecule is CC(C)N(C/C(C#N)=C/c1cccc(Br)c1)C(C)C. The summed E-state index contributed by atoms with van der Waals surface area (Å²) in [4.78, 5) is 2.31. The maximum Gasteiger partial charge on any atom is 0.0961 e. The van der Waals surface area contributed by atoms with E-state index < -0.39 is 0 Å². The zero-order valence-electron chi connectivity index (χ0n) is 12.0. The van der Waals surface area contributed by atoms with Crippen LogP contribution in [0.3, 0.4) is 0 Å². The Hall–Kier alpha value is -1.11. The molecule has 102 valence electrons. The van der Waals surface area contributed by atoms with Gasteiger partial charge in [-0.2, -0.15) is 5.26 Å². The first-order valence-corrected chi connectivity index (χ1v) is 7.35. The van der Waals surface area contributed by atoms with E-state index in [1.807, 2.05) is 30.3 Å². The molecule has 2 nitrogen and oxygen atoms in total. The highest BCUT2D eigenvalue weighted by molar-refractivity contribution is 9.10. The van der Waals surface area contributed by atoms with Crippen molar-refractivity contribution in [3.8, 4) is 6.07 Å². The van der Waals surface area contributed by atoms with Gasteiger partial charge in [-0.1, -0.05) is 28.1 Å². The smallest absolute Gasteiger partial charge is 0.0961 e. The molecule has 0 atom stereocenters. The number of hydrogen-bond acceptors (Lipinski definition) is 2. The van der Waals surface area contributed by atoms with Crippen molar-refractivity contribution in [2.45, 2.75) is 39.8 Å². The zero-order valence-corrected chi connectivity index (χ0v) is 13.6. The molecular weight excluding hydrogens is 300 g/mol. The van der Waals surface area contributed by atoms with Crippen LogP contribution in [-0.2, 0) is 0 Å². The van der Waals surface area contributed by atoms with Gasteiger partial charge in [0, 0.05) is 28.7 Å². The third-order valence-electron chi connectivity index (χ3n) is 3.01. The van der Waals surface area contributed by atoms with Crippen LogP contribution in [0, 0.1) is 11.3 Å². The Balaban J connectivity index is 2.92. The standard InChI is InChI=1S/C16H21BrN2/c1-12(2)19(13(3)4)11-15(10-18)8-14-6-5-7-16(17)9-14/h5-9,12-13H,11H2,1-4H3/b15-8+. The van der Waals surface area contributed by atoms with E-state index >= 15 is 0 Å². The van der Waals surface area contributed by atoms with E-state index in [9.17, 15) is 5.26 Å². The van der Waals surface area contributed by atoms with Crippen LogP contribution in [0.5, 0.6) is 0 Å². The van der Waals surface area contributed by atoms with E-state index in [4.69, 9.17) is 0 Å². The van der Waals surface area contributed by atoms with Gasteiger partial charge in [-0.05, 0) is 51.5 Å². The van der Waals surface area contributed by atoms with Crippen LogP contribution >= 0.6 is 15.9 Å². The summed E-state index contributed by atoms with van der Waals surface area (Å²) in [6, 6.07) is 11.2.